The molecular weight excluding hydrogens is 257 g/mol. The van der Waals surface area contributed by atoms with Crippen LogP contribution in [-0.2, 0) is 10.9 Å². The fourth-order valence-electron chi connectivity index (χ4n) is 2.10. The van der Waals surface area contributed by atoms with Gasteiger partial charge in [0.1, 0.15) is 0 Å². The zero-order valence-electron chi connectivity index (χ0n) is 11.3. The number of aromatic nitrogens is 1. The molecule has 0 saturated carbocycles. The van der Waals surface area contributed by atoms with E-state index >= 15 is 0 Å². The zero-order valence-corrected chi connectivity index (χ0v) is 11.3. The molecule has 3 nitrogen and oxygen atoms in total. The molecule has 2 unspecified atom stereocenters. The quantitative estimate of drug-likeness (QED) is 0.867. The van der Waals surface area contributed by atoms with Crippen LogP contribution in [0.5, 0.6) is 0 Å². The topological polar surface area (TPSA) is 34.1 Å². The van der Waals surface area contributed by atoms with Crippen LogP contribution in [-0.4, -0.2) is 25.7 Å². The Kier molecular flexibility index (Phi) is 5.75. The molecule has 0 aliphatic heterocycles. The molecule has 6 heteroatoms. The fourth-order valence-corrected chi connectivity index (χ4v) is 2.10. The van der Waals surface area contributed by atoms with Gasteiger partial charge in [0.2, 0.25) is 0 Å². The molecule has 1 rings (SSSR count). The molecule has 108 valence electrons. The third kappa shape index (κ3) is 4.47. The second kappa shape index (κ2) is 6.86. The lowest BCUT2D eigenvalue weighted by molar-refractivity contribution is -0.138. The maximum absolute atomic E-state index is 13.0. The van der Waals surface area contributed by atoms with Crippen LogP contribution in [0.15, 0.2) is 18.5 Å². The Bertz CT molecular complexity index is 396. The van der Waals surface area contributed by atoms with Crippen LogP contribution in [0, 0.1) is 5.92 Å². The highest BCUT2D eigenvalue weighted by Crippen LogP contribution is 2.35. The van der Waals surface area contributed by atoms with E-state index in [4.69, 9.17) is 4.74 Å². The van der Waals surface area contributed by atoms with Gasteiger partial charge in [0.05, 0.1) is 5.56 Å². The zero-order chi connectivity index (χ0) is 14.5. The van der Waals surface area contributed by atoms with E-state index < -0.39 is 17.8 Å². The van der Waals surface area contributed by atoms with Crippen LogP contribution in [0.1, 0.15) is 30.5 Å². The SMILES string of the molecule is CNC(CC(C)COC)c1cnccc1C(F)(F)F. The van der Waals surface area contributed by atoms with Gasteiger partial charge < -0.3 is 10.1 Å². The summed E-state index contributed by atoms with van der Waals surface area (Å²) in [6.07, 6.45) is -1.36. The monoisotopic (exact) mass is 276 g/mol. The second-order valence-corrected chi connectivity index (χ2v) is 4.60. The minimum absolute atomic E-state index is 0.156. The van der Waals surface area contributed by atoms with Crippen molar-refractivity contribution in [3.8, 4) is 0 Å². The highest BCUT2D eigenvalue weighted by Gasteiger charge is 2.35. The number of nitrogens with one attached hydrogen (secondary N) is 1. The molecule has 19 heavy (non-hydrogen) atoms. The van der Waals surface area contributed by atoms with Crippen molar-refractivity contribution < 1.29 is 17.9 Å². The van der Waals surface area contributed by atoms with E-state index in [9.17, 15) is 13.2 Å². The molecule has 1 N–H and O–H groups in total. The van der Waals surface area contributed by atoms with Crippen molar-refractivity contribution in [1.82, 2.24) is 10.3 Å². The van der Waals surface area contributed by atoms with Crippen molar-refractivity contribution in [2.45, 2.75) is 25.6 Å². The molecule has 0 amide bonds. The standard InChI is InChI=1S/C13H19F3N2O/c1-9(8-19-3)6-12(17-2)10-7-18-5-4-11(10)13(14,15)16/h4-5,7,9,12,17H,6,8H2,1-3H3. The summed E-state index contributed by atoms with van der Waals surface area (Å²) in [7, 11) is 3.23. The van der Waals surface area contributed by atoms with Crippen molar-refractivity contribution in [2.75, 3.05) is 20.8 Å². The van der Waals surface area contributed by atoms with Crippen LogP contribution in [0.4, 0.5) is 13.2 Å². The van der Waals surface area contributed by atoms with Crippen molar-refractivity contribution in [3.63, 3.8) is 0 Å². The molecule has 0 bridgehead atoms. The Morgan fingerprint density at radius 1 is 1.42 bits per heavy atom. The van der Waals surface area contributed by atoms with Crippen molar-refractivity contribution >= 4 is 0 Å². The lowest BCUT2D eigenvalue weighted by Crippen LogP contribution is -2.24. The molecule has 1 aromatic heterocycles. The number of ether oxygens (including phenoxy) is 1. The minimum atomic E-state index is -4.36. The summed E-state index contributed by atoms with van der Waals surface area (Å²) in [5.41, 5.74) is -0.452. The van der Waals surface area contributed by atoms with E-state index in [1.54, 1.807) is 14.2 Å². The van der Waals surface area contributed by atoms with Crippen LogP contribution < -0.4 is 5.32 Å². The lowest BCUT2D eigenvalue weighted by Gasteiger charge is -2.23. The third-order valence-electron chi connectivity index (χ3n) is 2.97. The highest BCUT2D eigenvalue weighted by atomic mass is 19.4. The predicted octanol–water partition coefficient (Wildman–Crippen LogP) is 3.03. The van der Waals surface area contributed by atoms with Crippen molar-refractivity contribution in [1.29, 1.82) is 0 Å². The Balaban J connectivity index is 2.98. The van der Waals surface area contributed by atoms with Crippen LogP contribution >= 0.6 is 0 Å². The molecule has 1 heterocycles. The van der Waals surface area contributed by atoms with E-state index in [0.29, 0.717) is 13.0 Å². The summed E-state index contributed by atoms with van der Waals surface area (Å²) < 4.78 is 43.9. The highest BCUT2D eigenvalue weighted by molar-refractivity contribution is 5.29. The predicted molar refractivity (Wildman–Crippen MR) is 66.7 cm³/mol. The molecule has 1 aromatic rings. The Labute approximate surface area is 111 Å². The van der Waals surface area contributed by atoms with E-state index in [1.807, 2.05) is 6.92 Å². The van der Waals surface area contributed by atoms with E-state index in [1.165, 1.54) is 6.20 Å². The van der Waals surface area contributed by atoms with Gasteiger partial charge in [0, 0.05) is 32.2 Å². The summed E-state index contributed by atoms with van der Waals surface area (Å²) in [5, 5.41) is 2.92. The van der Waals surface area contributed by atoms with Crippen LogP contribution in [0.3, 0.4) is 0 Å². The van der Waals surface area contributed by atoms with Gasteiger partial charge in [-0.2, -0.15) is 13.2 Å². The average molecular weight is 276 g/mol. The number of methoxy groups -OCH3 is 1. The fraction of sp³-hybridized carbons (Fsp3) is 0.615. The maximum atomic E-state index is 13.0. The molecule has 2 atom stereocenters. The van der Waals surface area contributed by atoms with Crippen LogP contribution in [0.25, 0.3) is 0 Å². The minimum Gasteiger partial charge on any atom is -0.384 e. The van der Waals surface area contributed by atoms with Crippen LogP contribution in [0.2, 0.25) is 0 Å². The Morgan fingerprint density at radius 3 is 2.63 bits per heavy atom. The normalized spacial score (nSPS) is 15.3. The van der Waals surface area contributed by atoms with E-state index in [0.717, 1.165) is 12.3 Å². The first-order valence-electron chi connectivity index (χ1n) is 6.07. The summed E-state index contributed by atoms with van der Waals surface area (Å²) in [6.45, 7) is 2.46. The van der Waals surface area contributed by atoms with Gasteiger partial charge in [-0.1, -0.05) is 6.92 Å². The molecule has 0 saturated heterocycles. The largest absolute Gasteiger partial charge is 0.416 e. The molecule has 0 aliphatic rings. The molecular formula is C13H19F3N2O. The first-order valence-corrected chi connectivity index (χ1v) is 6.07. The number of halogens is 3. The summed E-state index contributed by atoms with van der Waals surface area (Å²) in [6, 6.07) is 0.621. The van der Waals surface area contributed by atoms with Gasteiger partial charge in [-0.3, -0.25) is 4.98 Å². The van der Waals surface area contributed by atoms with E-state index in [-0.39, 0.29) is 11.5 Å². The lowest BCUT2D eigenvalue weighted by atomic mass is 9.94. The summed E-state index contributed by atoms with van der Waals surface area (Å²) in [5.74, 6) is 0.156. The summed E-state index contributed by atoms with van der Waals surface area (Å²) in [4.78, 5) is 3.81. The molecule has 0 fully saturated rings. The Morgan fingerprint density at radius 2 is 2.11 bits per heavy atom. The van der Waals surface area contributed by atoms with Gasteiger partial charge >= 0.3 is 6.18 Å². The average Bonchev–Trinajstić information content (AvgIpc) is 2.35. The number of pyridine rings is 1. The first-order chi connectivity index (χ1) is 8.90. The van der Waals surface area contributed by atoms with Gasteiger partial charge in [-0.05, 0) is 31.0 Å². The Hall–Kier alpha value is -1.14. The number of hydrogen-bond donors (Lipinski definition) is 1. The second-order valence-electron chi connectivity index (χ2n) is 4.60. The third-order valence-corrected chi connectivity index (χ3v) is 2.97. The molecule has 0 aromatic carbocycles. The molecule has 0 spiro atoms. The summed E-state index contributed by atoms with van der Waals surface area (Å²) >= 11 is 0. The van der Waals surface area contributed by atoms with Gasteiger partial charge in [0.25, 0.3) is 0 Å². The van der Waals surface area contributed by atoms with Crippen molar-refractivity contribution in [3.05, 3.63) is 29.6 Å². The van der Waals surface area contributed by atoms with E-state index in [2.05, 4.69) is 10.3 Å². The number of alkyl halides is 3. The van der Waals surface area contributed by atoms with Crippen molar-refractivity contribution in [2.24, 2.45) is 5.92 Å². The maximum Gasteiger partial charge on any atom is 0.416 e. The number of rotatable bonds is 6. The smallest absolute Gasteiger partial charge is 0.384 e. The number of hydrogen-bond acceptors (Lipinski definition) is 3. The van der Waals surface area contributed by atoms with Gasteiger partial charge in [0.15, 0.2) is 0 Å². The van der Waals surface area contributed by atoms with Gasteiger partial charge in [-0.15, -0.1) is 0 Å². The van der Waals surface area contributed by atoms with Gasteiger partial charge in [-0.25, -0.2) is 0 Å². The molecule has 0 aliphatic carbocycles. The number of nitrogens with zero attached hydrogens (tertiary/aromatic N) is 1. The first kappa shape index (κ1) is 15.9. The molecule has 0 radical (unpaired) electrons.